The predicted octanol–water partition coefficient (Wildman–Crippen LogP) is 2.60. The molecule has 0 bridgehead atoms. The maximum atomic E-state index is 11.2. The summed E-state index contributed by atoms with van der Waals surface area (Å²) >= 11 is 9.60. The molecule has 0 saturated carbocycles. The number of phenolic OH excluding ortho intramolecular Hbond substituents is 1. The minimum Gasteiger partial charge on any atom is -0.506 e. The van der Waals surface area contributed by atoms with E-state index in [1.165, 1.54) is 6.92 Å². The van der Waals surface area contributed by atoms with Crippen molar-refractivity contribution < 1.29 is 19.8 Å². The van der Waals surface area contributed by atoms with Crippen molar-refractivity contribution in [2.45, 2.75) is 19.4 Å². The van der Waals surface area contributed by atoms with Gasteiger partial charge in [0.2, 0.25) is 5.91 Å². The van der Waals surface area contributed by atoms with Crippen LogP contribution >= 0.6 is 57.0 Å². The van der Waals surface area contributed by atoms with Crippen LogP contribution in [0.4, 0.5) is 0 Å². The lowest BCUT2D eigenvalue weighted by Gasteiger charge is -2.20. The average molecular weight is 509 g/mol. The van der Waals surface area contributed by atoms with Crippen LogP contribution in [0.15, 0.2) is 12.1 Å². The topological polar surface area (TPSA) is 77.8 Å². The molecule has 0 aromatic heterocycles. The van der Waals surface area contributed by atoms with E-state index in [4.69, 9.17) is 16.9 Å². The molecule has 0 aliphatic heterocycles. The molecule has 0 radical (unpaired) electrons. The first kappa shape index (κ1) is 16.8. The first-order chi connectivity index (χ1) is 8.73. The van der Waals surface area contributed by atoms with Gasteiger partial charge in [-0.3, -0.25) is 4.79 Å². The fourth-order valence-corrected chi connectivity index (χ4v) is 3.49. The van der Waals surface area contributed by atoms with Crippen molar-refractivity contribution in [2.24, 2.45) is 0 Å². The Bertz CT molecular complexity index is 500. The number of nitrogens with zero attached hydrogens (tertiary/aromatic N) is 1. The second-order valence-electron chi connectivity index (χ2n) is 3.80. The van der Waals surface area contributed by atoms with E-state index in [0.717, 1.165) is 0 Å². The van der Waals surface area contributed by atoms with E-state index in [9.17, 15) is 14.7 Å². The third-order valence-electron chi connectivity index (χ3n) is 2.37. The second-order valence-corrected chi connectivity index (χ2v) is 6.49. The van der Waals surface area contributed by atoms with Gasteiger partial charge >= 0.3 is 5.97 Å². The van der Waals surface area contributed by atoms with Gasteiger partial charge in [0.1, 0.15) is 11.8 Å². The highest BCUT2D eigenvalue weighted by atomic mass is 127. The van der Waals surface area contributed by atoms with Crippen molar-refractivity contribution in [3.05, 3.63) is 24.8 Å². The number of phenols is 1. The van der Waals surface area contributed by atoms with Crippen molar-refractivity contribution in [1.82, 2.24) is 4.42 Å². The van der Waals surface area contributed by atoms with Crippen LogP contribution in [0, 0.1) is 7.14 Å². The maximum Gasteiger partial charge on any atom is 0.328 e. The SMILES string of the molecule is CC(=O)N(Cl)[C@@H](Cc1cc(I)c(O)c(I)c1)C(=O)O. The molecule has 5 nitrogen and oxygen atoms in total. The number of carbonyl (C=O) groups excluding carboxylic acids is 1. The molecule has 1 atom stereocenters. The Labute approximate surface area is 142 Å². The standard InChI is InChI=1S/C11H10ClI2NO4/c1-5(16)15(12)9(11(18)19)4-6-2-7(13)10(17)8(14)3-6/h2-3,9,17H,4H2,1H3,(H,18,19)/t9-/m0/s1. The van der Waals surface area contributed by atoms with E-state index in [-0.39, 0.29) is 12.2 Å². The van der Waals surface area contributed by atoms with Gasteiger partial charge in [-0.1, -0.05) is 0 Å². The minimum absolute atomic E-state index is 0.0741. The molecule has 2 N–H and O–H groups in total. The maximum absolute atomic E-state index is 11.2. The van der Waals surface area contributed by atoms with E-state index < -0.39 is 17.9 Å². The zero-order valence-electron chi connectivity index (χ0n) is 9.73. The molecular weight excluding hydrogens is 499 g/mol. The Morgan fingerprint density at radius 2 is 1.84 bits per heavy atom. The normalized spacial score (nSPS) is 12.0. The summed E-state index contributed by atoms with van der Waals surface area (Å²) in [5.74, 6) is -1.55. The molecule has 19 heavy (non-hydrogen) atoms. The average Bonchev–Trinajstić information content (AvgIpc) is 2.31. The van der Waals surface area contributed by atoms with Crippen LogP contribution in [-0.4, -0.2) is 32.6 Å². The van der Waals surface area contributed by atoms with Crippen molar-refractivity contribution in [3.63, 3.8) is 0 Å². The third kappa shape index (κ3) is 4.35. The Morgan fingerprint density at radius 1 is 1.37 bits per heavy atom. The largest absolute Gasteiger partial charge is 0.506 e. The molecule has 0 unspecified atom stereocenters. The highest BCUT2D eigenvalue weighted by Gasteiger charge is 2.27. The van der Waals surface area contributed by atoms with E-state index >= 15 is 0 Å². The lowest BCUT2D eigenvalue weighted by atomic mass is 10.1. The van der Waals surface area contributed by atoms with E-state index in [1.54, 1.807) is 12.1 Å². The summed E-state index contributed by atoms with van der Waals surface area (Å²) in [4.78, 5) is 22.3. The highest BCUT2D eigenvalue weighted by Crippen LogP contribution is 2.28. The quantitative estimate of drug-likeness (QED) is 0.484. The first-order valence-electron chi connectivity index (χ1n) is 5.09. The molecule has 0 spiro atoms. The number of aromatic hydroxyl groups is 1. The van der Waals surface area contributed by atoms with Crippen LogP contribution in [0.1, 0.15) is 12.5 Å². The molecule has 1 amide bonds. The van der Waals surface area contributed by atoms with Crippen molar-refractivity contribution >= 4 is 68.8 Å². The van der Waals surface area contributed by atoms with Gasteiger partial charge in [0, 0.05) is 25.1 Å². The van der Waals surface area contributed by atoms with E-state index in [2.05, 4.69) is 0 Å². The molecule has 1 aromatic carbocycles. The van der Waals surface area contributed by atoms with Crippen molar-refractivity contribution in [2.75, 3.05) is 0 Å². The summed E-state index contributed by atoms with van der Waals surface area (Å²) < 4.78 is 1.91. The fraction of sp³-hybridized carbons (Fsp3) is 0.273. The molecule has 0 aliphatic carbocycles. The highest BCUT2D eigenvalue weighted by molar-refractivity contribution is 14.1. The Kier molecular flexibility index (Phi) is 6.12. The van der Waals surface area contributed by atoms with Crippen LogP contribution in [0.25, 0.3) is 0 Å². The van der Waals surface area contributed by atoms with Gasteiger partial charge in [0.25, 0.3) is 0 Å². The Hall–Kier alpha value is -0.290. The number of halogens is 3. The molecule has 0 aliphatic rings. The van der Waals surface area contributed by atoms with Gasteiger partial charge in [-0.2, -0.15) is 0 Å². The van der Waals surface area contributed by atoms with Crippen LogP contribution in [0.3, 0.4) is 0 Å². The van der Waals surface area contributed by atoms with Crippen molar-refractivity contribution in [3.8, 4) is 5.75 Å². The zero-order chi connectivity index (χ0) is 14.7. The third-order valence-corrected chi connectivity index (χ3v) is 4.48. The summed E-state index contributed by atoms with van der Waals surface area (Å²) in [6.45, 7) is 1.20. The zero-order valence-corrected chi connectivity index (χ0v) is 14.8. The van der Waals surface area contributed by atoms with Crippen molar-refractivity contribution in [1.29, 1.82) is 0 Å². The van der Waals surface area contributed by atoms with Crippen LogP contribution in [0.2, 0.25) is 0 Å². The molecule has 1 rings (SSSR count). The minimum atomic E-state index is -1.18. The van der Waals surface area contributed by atoms with Gasteiger partial charge in [0.05, 0.1) is 7.14 Å². The number of aliphatic carboxylic acids is 1. The van der Waals surface area contributed by atoms with Crippen LogP contribution < -0.4 is 0 Å². The Morgan fingerprint density at radius 3 is 2.21 bits per heavy atom. The van der Waals surface area contributed by atoms with Gasteiger partial charge < -0.3 is 10.2 Å². The number of carboxylic acid groups (broad SMARTS) is 1. The smallest absolute Gasteiger partial charge is 0.328 e. The van der Waals surface area contributed by atoms with Gasteiger partial charge in [0.15, 0.2) is 0 Å². The number of carbonyl (C=O) groups is 2. The number of carboxylic acids is 1. The summed E-state index contributed by atoms with van der Waals surface area (Å²) in [5, 5.41) is 18.8. The molecule has 0 fully saturated rings. The summed E-state index contributed by atoms with van der Waals surface area (Å²) in [6, 6.07) is 2.19. The molecule has 8 heteroatoms. The van der Waals surface area contributed by atoms with Gasteiger partial charge in [-0.05, 0) is 62.9 Å². The first-order valence-corrected chi connectivity index (χ1v) is 7.59. The number of hydrogen-bond donors (Lipinski definition) is 2. The van der Waals surface area contributed by atoms with E-state index in [1.807, 2.05) is 45.2 Å². The predicted molar refractivity (Wildman–Crippen MR) is 87.0 cm³/mol. The van der Waals surface area contributed by atoms with Crippen LogP contribution in [0.5, 0.6) is 5.75 Å². The monoisotopic (exact) mass is 509 g/mol. The van der Waals surface area contributed by atoms with E-state index in [0.29, 0.717) is 17.1 Å². The lowest BCUT2D eigenvalue weighted by molar-refractivity contribution is -0.145. The van der Waals surface area contributed by atoms with Gasteiger partial charge in [-0.15, -0.1) is 0 Å². The summed E-state index contributed by atoms with van der Waals surface area (Å²) in [5.41, 5.74) is 0.686. The summed E-state index contributed by atoms with van der Waals surface area (Å²) in [6.07, 6.45) is 0.0741. The second kappa shape index (κ2) is 6.93. The number of rotatable bonds is 4. The molecule has 1 aromatic rings. The van der Waals surface area contributed by atoms with Gasteiger partial charge in [-0.25, -0.2) is 9.21 Å². The number of benzene rings is 1. The Balaban J connectivity index is 3.04. The molecule has 0 saturated heterocycles. The molecule has 104 valence electrons. The number of amides is 1. The summed E-state index contributed by atoms with van der Waals surface area (Å²) in [7, 11) is 0. The lowest BCUT2D eigenvalue weighted by Crippen LogP contribution is -2.39. The number of hydrogen-bond acceptors (Lipinski definition) is 3. The molecule has 0 heterocycles. The van der Waals surface area contributed by atoms with Crippen LogP contribution in [-0.2, 0) is 16.0 Å². The fourth-order valence-electron chi connectivity index (χ4n) is 1.44. The molecular formula is C11H10ClI2NO4.